The fraction of sp³-hybridized carbons (Fsp3) is 0.395. The van der Waals surface area contributed by atoms with Crippen molar-refractivity contribution in [3.8, 4) is 11.1 Å². The molecule has 5 aliphatic rings. The molecule has 3 fully saturated rings. The maximum Gasteiger partial charge on any atom is 0.329 e. The summed E-state index contributed by atoms with van der Waals surface area (Å²) in [6, 6.07) is 14.1. The molecule has 1 unspecified atom stereocenters. The predicted octanol–water partition coefficient (Wildman–Crippen LogP) is 4.45. The van der Waals surface area contributed by atoms with Gasteiger partial charge in [0, 0.05) is 105 Å². The lowest BCUT2D eigenvalue weighted by Crippen LogP contribution is -2.53. The number of piperidine rings is 1. The highest BCUT2D eigenvalue weighted by Gasteiger charge is 2.42. The number of imide groups is 1. The standard InChI is InChI=1S/C43H45FN12O4S/c44-34-23-28(22-32-33(34)25-56(41(32)59)39(40(58)48-42-45-12-21-61-42)38-35-2-1-13-54(35)26-46-38)27-3-6-30(7-4-27)52-14-9-31(10-15-52)53-19-17-51(18-20-53)24-29-5-8-36(50-49-29)55-16-11-37(57)47-43(55)60/h3-8,12,21-23,26,31,39H,1-2,9-11,13-20,24-25H2,(H,45,48,58)(H,47,57,60). The highest BCUT2D eigenvalue weighted by molar-refractivity contribution is 7.13. The summed E-state index contributed by atoms with van der Waals surface area (Å²) in [7, 11) is 0. The Morgan fingerprint density at radius 3 is 2.46 bits per heavy atom. The number of thiazole rings is 1. The van der Waals surface area contributed by atoms with Gasteiger partial charge in [-0.3, -0.25) is 39.7 Å². The Morgan fingerprint density at radius 2 is 1.72 bits per heavy atom. The first-order valence-electron chi connectivity index (χ1n) is 20.9. The van der Waals surface area contributed by atoms with Crippen molar-refractivity contribution in [2.45, 2.75) is 63.8 Å². The number of aryl methyl sites for hydroxylation is 1. The summed E-state index contributed by atoms with van der Waals surface area (Å²) >= 11 is 1.29. The summed E-state index contributed by atoms with van der Waals surface area (Å²) in [5, 5.41) is 16.0. The van der Waals surface area contributed by atoms with Crippen molar-refractivity contribution >= 4 is 51.7 Å². The summed E-state index contributed by atoms with van der Waals surface area (Å²) in [6.07, 6.45) is 7.36. The monoisotopic (exact) mass is 844 g/mol. The van der Waals surface area contributed by atoms with Gasteiger partial charge in [0.05, 0.1) is 24.3 Å². The third-order valence-electron chi connectivity index (χ3n) is 12.7. The number of benzene rings is 2. The summed E-state index contributed by atoms with van der Waals surface area (Å²) < 4.78 is 18.0. The number of piperazine rings is 1. The second-order valence-electron chi connectivity index (χ2n) is 16.2. The molecule has 2 N–H and O–H groups in total. The van der Waals surface area contributed by atoms with Crippen LogP contribution >= 0.6 is 11.3 Å². The number of urea groups is 1. The van der Waals surface area contributed by atoms with Crippen LogP contribution in [0.1, 0.15) is 64.7 Å². The predicted molar refractivity (Wildman–Crippen MR) is 225 cm³/mol. The van der Waals surface area contributed by atoms with Crippen LogP contribution in [-0.2, 0) is 35.6 Å². The number of aromatic nitrogens is 5. The molecule has 314 valence electrons. The van der Waals surface area contributed by atoms with E-state index in [4.69, 9.17) is 0 Å². The topological polar surface area (TPSA) is 165 Å². The Balaban J connectivity index is 0.743. The lowest BCUT2D eigenvalue weighted by molar-refractivity contribution is -0.121. The van der Waals surface area contributed by atoms with Crippen LogP contribution in [0.25, 0.3) is 11.1 Å². The van der Waals surface area contributed by atoms with Crippen LogP contribution in [-0.4, -0.2) is 115 Å². The maximum atomic E-state index is 15.9. The van der Waals surface area contributed by atoms with Crippen molar-refractivity contribution in [2.24, 2.45) is 0 Å². The summed E-state index contributed by atoms with van der Waals surface area (Å²) in [6.45, 7) is 7.46. The van der Waals surface area contributed by atoms with Crippen LogP contribution in [0.4, 0.5) is 25.8 Å². The molecule has 8 heterocycles. The van der Waals surface area contributed by atoms with Crippen LogP contribution in [0.2, 0.25) is 0 Å². The lowest BCUT2D eigenvalue weighted by Gasteiger charge is -2.43. The third kappa shape index (κ3) is 7.74. The highest BCUT2D eigenvalue weighted by atomic mass is 32.1. The van der Waals surface area contributed by atoms with Crippen molar-refractivity contribution in [1.82, 2.24) is 44.7 Å². The lowest BCUT2D eigenvalue weighted by atomic mass is 9.98. The molecule has 3 saturated heterocycles. The van der Waals surface area contributed by atoms with Crippen molar-refractivity contribution in [1.29, 1.82) is 0 Å². The molecule has 10 rings (SSSR count). The molecule has 0 radical (unpaired) electrons. The number of imidazole rings is 1. The fourth-order valence-electron chi connectivity index (χ4n) is 9.40. The number of nitrogens with zero attached hydrogens (tertiary/aromatic N) is 10. The molecule has 1 atom stereocenters. The number of hydrogen-bond acceptors (Lipinski definition) is 12. The van der Waals surface area contributed by atoms with Crippen molar-refractivity contribution in [2.75, 3.05) is 60.9 Å². The first kappa shape index (κ1) is 39.1. The van der Waals surface area contributed by atoms with E-state index in [1.54, 1.807) is 30.0 Å². The number of amides is 5. The Hall–Kier alpha value is -6.11. The number of anilines is 3. The smallest absolute Gasteiger partial charge is 0.329 e. The SMILES string of the molecule is O=C1CCN(c2ccc(CN3CCN(C4CCN(c5ccc(-c6cc(F)c7c(c6)C(=O)N(C(C(=O)Nc6nccs6)c6ncn8c6CCC8)C7)cc5)CC4)CC3)nn2)C(=O)N1. The Labute approximate surface area is 355 Å². The minimum atomic E-state index is -1.03. The van der Waals surface area contributed by atoms with Crippen LogP contribution in [0.5, 0.6) is 0 Å². The average molecular weight is 845 g/mol. The van der Waals surface area contributed by atoms with E-state index in [0.29, 0.717) is 41.3 Å². The van der Waals surface area contributed by atoms with Gasteiger partial charge in [-0.05, 0) is 73.2 Å². The number of carbonyl (C=O) groups excluding carboxylic acids is 4. The molecule has 0 bridgehead atoms. The van der Waals surface area contributed by atoms with Gasteiger partial charge in [-0.15, -0.1) is 16.4 Å². The zero-order chi connectivity index (χ0) is 41.6. The number of rotatable bonds is 10. The minimum absolute atomic E-state index is 0.0366. The molecule has 5 amide bonds. The van der Waals surface area contributed by atoms with Gasteiger partial charge in [-0.1, -0.05) is 12.1 Å². The second kappa shape index (κ2) is 16.4. The highest BCUT2D eigenvalue weighted by Crippen LogP contribution is 2.38. The fourth-order valence-corrected chi connectivity index (χ4v) is 9.93. The van der Waals surface area contributed by atoms with E-state index in [2.05, 4.69) is 57.6 Å². The average Bonchev–Trinajstić information content (AvgIpc) is 4.10. The Morgan fingerprint density at radius 1 is 0.902 bits per heavy atom. The summed E-state index contributed by atoms with van der Waals surface area (Å²) in [5.74, 6) is -1.14. The largest absolute Gasteiger partial charge is 0.371 e. The van der Waals surface area contributed by atoms with Gasteiger partial charge in [-0.2, -0.15) is 5.10 Å². The molecule has 0 aliphatic carbocycles. The summed E-state index contributed by atoms with van der Waals surface area (Å²) in [4.78, 5) is 70.7. The zero-order valence-electron chi connectivity index (χ0n) is 33.5. The van der Waals surface area contributed by atoms with Crippen molar-refractivity contribution in [3.63, 3.8) is 0 Å². The van der Waals surface area contributed by atoms with E-state index in [-0.39, 0.29) is 30.0 Å². The first-order chi connectivity index (χ1) is 29.8. The van der Waals surface area contributed by atoms with Gasteiger partial charge in [0.1, 0.15) is 5.82 Å². The first-order valence-corrected chi connectivity index (χ1v) is 21.8. The minimum Gasteiger partial charge on any atom is -0.371 e. The molecular formula is C43H45FN12O4S. The number of hydrogen-bond donors (Lipinski definition) is 2. The summed E-state index contributed by atoms with van der Waals surface area (Å²) in [5.41, 5.74) is 5.36. The molecule has 0 saturated carbocycles. The molecule has 3 aromatic heterocycles. The number of fused-ring (bicyclic) bond motifs is 2. The quantitative estimate of drug-likeness (QED) is 0.204. The molecule has 18 heteroatoms. The Bertz CT molecular complexity index is 2460. The molecule has 5 aliphatic heterocycles. The van der Waals surface area contributed by atoms with Gasteiger partial charge < -0.3 is 14.4 Å². The number of nitrogens with one attached hydrogen (secondary N) is 2. The van der Waals surface area contributed by atoms with Gasteiger partial charge >= 0.3 is 6.03 Å². The van der Waals surface area contributed by atoms with Crippen LogP contribution in [0, 0.1) is 5.82 Å². The molecule has 16 nitrogen and oxygen atoms in total. The molecule has 61 heavy (non-hydrogen) atoms. The number of halogens is 1. The van der Waals surface area contributed by atoms with E-state index < -0.39 is 29.7 Å². The second-order valence-corrected chi connectivity index (χ2v) is 17.1. The van der Waals surface area contributed by atoms with Gasteiger partial charge in [-0.25, -0.2) is 19.2 Å². The van der Waals surface area contributed by atoms with Crippen molar-refractivity contribution < 1.29 is 23.6 Å². The zero-order valence-corrected chi connectivity index (χ0v) is 34.3. The van der Waals surface area contributed by atoms with Crippen LogP contribution < -0.4 is 20.4 Å². The van der Waals surface area contributed by atoms with Gasteiger partial charge in [0.25, 0.3) is 11.8 Å². The van der Waals surface area contributed by atoms with E-state index in [1.807, 2.05) is 22.8 Å². The van der Waals surface area contributed by atoms with Gasteiger partial charge in [0.15, 0.2) is 17.0 Å². The molecule has 0 spiro atoms. The molecule has 2 aromatic carbocycles. The maximum absolute atomic E-state index is 15.9. The molecular weight excluding hydrogens is 800 g/mol. The van der Waals surface area contributed by atoms with E-state index >= 15 is 4.39 Å². The van der Waals surface area contributed by atoms with Crippen LogP contribution in [0.15, 0.2) is 66.4 Å². The van der Waals surface area contributed by atoms with Crippen LogP contribution in [0.3, 0.4) is 0 Å². The van der Waals surface area contributed by atoms with E-state index in [1.165, 1.54) is 27.2 Å². The van der Waals surface area contributed by atoms with Gasteiger partial charge in [0.2, 0.25) is 5.91 Å². The van der Waals surface area contributed by atoms with Crippen molar-refractivity contribution in [3.05, 3.63) is 100 Å². The van der Waals surface area contributed by atoms with E-state index in [9.17, 15) is 19.2 Å². The normalized spacial score (nSPS) is 19.3. The Kier molecular flexibility index (Phi) is 10.5. The number of carbonyl (C=O) groups is 4. The molecule has 5 aromatic rings. The van der Waals surface area contributed by atoms with E-state index in [0.717, 1.165) is 94.1 Å². The third-order valence-corrected chi connectivity index (χ3v) is 13.4.